The molecule has 1 heterocycles. The number of hydrogen-bond donors (Lipinski definition) is 3. The van der Waals surface area contributed by atoms with Gasteiger partial charge >= 0.3 is 0 Å². The number of carbonyl (C=O) groups is 1. The van der Waals surface area contributed by atoms with Gasteiger partial charge in [0.2, 0.25) is 5.78 Å². The smallest absolute Gasteiger partial charge is 0.209 e. The lowest BCUT2D eigenvalue weighted by Gasteiger charge is -2.04. The molecule has 0 unspecified atom stereocenters. The number of fused-ring (bicyclic) bond motifs is 1. The van der Waals surface area contributed by atoms with Crippen LogP contribution < -0.4 is 10.5 Å². The fraction of sp³-hybridized carbons (Fsp3) is 0.111. The SMILES string of the molecule is COc1ccc2[nH]c(C(=O)c3ccc(N)c(C=N)c3)c(C)c2c1. The van der Waals surface area contributed by atoms with Gasteiger partial charge in [0.05, 0.1) is 12.8 Å². The highest BCUT2D eigenvalue weighted by Gasteiger charge is 2.17. The average molecular weight is 307 g/mol. The molecule has 0 spiro atoms. The Morgan fingerprint density at radius 1 is 1.26 bits per heavy atom. The summed E-state index contributed by atoms with van der Waals surface area (Å²) in [6.45, 7) is 1.90. The summed E-state index contributed by atoms with van der Waals surface area (Å²) in [5.74, 6) is 0.623. The molecule has 0 amide bonds. The quantitative estimate of drug-likeness (QED) is 0.392. The first kappa shape index (κ1) is 14.8. The number of anilines is 1. The lowest BCUT2D eigenvalue weighted by atomic mass is 10.0. The molecule has 23 heavy (non-hydrogen) atoms. The normalized spacial score (nSPS) is 10.7. The highest BCUT2D eigenvalue weighted by atomic mass is 16.5. The summed E-state index contributed by atoms with van der Waals surface area (Å²) in [5.41, 5.74) is 9.58. The van der Waals surface area contributed by atoms with Gasteiger partial charge in [0.15, 0.2) is 0 Å². The zero-order valence-corrected chi connectivity index (χ0v) is 12.9. The van der Waals surface area contributed by atoms with Crippen LogP contribution in [0.1, 0.15) is 27.2 Å². The van der Waals surface area contributed by atoms with Crippen LogP contribution in [0.25, 0.3) is 10.9 Å². The van der Waals surface area contributed by atoms with E-state index in [1.54, 1.807) is 25.3 Å². The highest BCUT2D eigenvalue weighted by Crippen LogP contribution is 2.27. The monoisotopic (exact) mass is 307 g/mol. The molecule has 0 bridgehead atoms. The van der Waals surface area contributed by atoms with Crippen LogP contribution >= 0.6 is 0 Å². The van der Waals surface area contributed by atoms with Crippen LogP contribution in [0.5, 0.6) is 5.75 Å². The van der Waals surface area contributed by atoms with Crippen LogP contribution in [-0.4, -0.2) is 24.1 Å². The number of aryl methyl sites for hydroxylation is 1. The lowest BCUT2D eigenvalue weighted by Crippen LogP contribution is -2.05. The number of ether oxygens (including phenoxy) is 1. The first-order valence-electron chi connectivity index (χ1n) is 7.16. The Balaban J connectivity index is 2.11. The summed E-state index contributed by atoms with van der Waals surface area (Å²) < 4.78 is 5.24. The van der Waals surface area contributed by atoms with Gasteiger partial charge in [-0.15, -0.1) is 0 Å². The molecule has 4 N–H and O–H groups in total. The standard InChI is InChI=1S/C18H17N3O2/c1-10-14-8-13(23-2)4-6-16(14)21-17(10)18(22)11-3-5-15(20)12(7-11)9-19/h3-9,19,21H,20H2,1-2H3. The number of nitrogens with one attached hydrogen (secondary N) is 2. The number of rotatable bonds is 4. The van der Waals surface area contributed by atoms with E-state index in [1.165, 1.54) is 0 Å². The second kappa shape index (κ2) is 5.61. The Morgan fingerprint density at radius 2 is 2.04 bits per heavy atom. The van der Waals surface area contributed by atoms with E-state index in [1.807, 2.05) is 25.1 Å². The minimum atomic E-state index is -0.124. The van der Waals surface area contributed by atoms with Gasteiger partial charge in [-0.2, -0.15) is 0 Å². The molecular formula is C18H17N3O2. The lowest BCUT2D eigenvalue weighted by molar-refractivity contribution is 0.103. The van der Waals surface area contributed by atoms with E-state index < -0.39 is 0 Å². The van der Waals surface area contributed by atoms with E-state index in [-0.39, 0.29) is 5.78 Å². The van der Waals surface area contributed by atoms with Gasteiger partial charge in [-0.25, -0.2) is 0 Å². The molecule has 3 aromatic rings. The van der Waals surface area contributed by atoms with Crippen LogP contribution in [0.15, 0.2) is 36.4 Å². The Labute approximate surface area is 133 Å². The molecule has 0 atom stereocenters. The van der Waals surface area contributed by atoms with Crippen molar-refractivity contribution in [3.63, 3.8) is 0 Å². The second-order valence-electron chi connectivity index (χ2n) is 5.35. The van der Waals surface area contributed by atoms with E-state index in [0.29, 0.717) is 22.5 Å². The van der Waals surface area contributed by atoms with Crippen LogP contribution in [0.3, 0.4) is 0 Å². The number of H-pyrrole nitrogens is 1. The van der Waals surface area contributed by atoms with Crippen LogP contribution in [0.2, 0.25) is 0 Å². The zero-order valence-electron chi connectivity index (χ0n) is 12.9. The number of carbonyl (C=O) groups excluding carboxylic acids is 1. The Kier molecular flexibility index (Phi) is 3.62. The number of ketones is 1. The molecule has 0 radical (unpaired) electrons. The van der Waals surface area contributed by atoms with E-state index >= 15 is 0 Å². The van der Waals surface area contributed by atoms with Crippen molar-refractivity contribution in [3.8, 4) is 5.75 Å². The Morgan fingerprint density at radius 3 is 2.74 bits per heavy atom. The fourth-order valence-corrected chi connectivity index (χ4v) is 2.65. The summed E-state index contributed by atoms with van der Waals surface area (Å²) >= 11 is 0. The molecule has 2 aromatic carbocycles. The molecule has 0 fully saturated rings. The van der Waals surface area contributed by atoms with Crippen molar-refractivity contribution in [3.05, 3.63) is 58.8 Å². The maximum atomic E-state index is 12.8. The van der Waals surface area contributed by atoms with E-state index in [0.717, 1.165) is 28.4 Å². The molecule has 0 aliphatic heterocycles. The van der Waals surface area contributed by atoms with E-state index in [2.05, 4.69) is 4.98 Å². The van der Waals surface area contributed by atoms with Crippen molar-refractivity contribution >= 4 is 28.6 Å². The second-order valence-corrected chi connectivity index (χ2v) is 5.35. The fourth-order valence-electron chi connectivity index (χ4n) is 2.65. The first-order valence-corrected chi connectivity index (χ1v) is 7.16. The summed E-state index contributed by atoms with van der Waals surface area (Å²) in [6, 6.07) is 10.6. The predicted molar refractivity (Wildman–Crippen MR) is 91.8 cm³/mol. The van der Waals surface area contributed by atoms with Crippen molar-refractivity contribution in [2.45, 2.75) is 6.92 Å². The molecule has 1 aromatic heterocycles. The zero-order chi connectivity index (χ0) is 16.6. The number of benzene rings is 2. The number of aromatic amines is 1. The highest BCUT2D eigenvalue weighted by molar-refractivity contribution is 6.12. The maximum Gasteiger partial charge on any atom is 0.209 e. The average Bonchev–Trinajstić information content (AvgIpc) is 2.91. The van der Waals surface area contributed by atoms with Gasteiger partial charge in [0, 0.05) is 33.9 Å². The summed E-state index contributed by atoms with van der Waals surface area (Å²) in [4.78, 5) is 16.0. The molecule has 5 nitrogen and oxygen atoms in total. The van der Waals surface area contributed by atoms with Gasteiger partial charge in [0.25, 0.3) is 0 Å². The van der Waals surface area contributed by atoms with E-state index in [9.17, 15) is 4.79 Å². The summed E-state index contributed by atoms with van der Waals surface area (Å²) in [7, 11) is 1.61. The molecule has 3 rings (SSSR count). The van der Waals surface area contributed by atoms with Crippen molar-refractivity contribution in [1.82, 2.24) is 4.98 Å². The van der Waals surface area contributed by atoms with Gasteiger partial charge in [-0.1, -0.05) is 0 Å². The minimum absolute atomic E-state index is 0.124. The van der Waals surface area contributed by atoms with Gasteiger partial charge in [-0.3, -0.25) is 4.79 Å². The van der Waals surface area contributed by atoms with Crippen molar-refractivity contribution in [2.24, 2.45) is 0 Å². The molecule has 0 aliphatic rings. The van der Waals surface area contributed by atoms with Gasteiger partial charge in [0.1, 0.15) is 5.75 Å². The van der Waals surface area contributed by atoms with Crippen molar-refractivity contribution < 1.29 is 9.53 Å². The third-order valence-electron chi connectivity index (χ3n) is 4.00. The molecule has 0 saturated carbocycles. The number of hydrogen-bond acceptors (Lipinski definition) is 4. The summed E-state index contributed by atoms with van der Waals surface area (Å²) in [6.07, 6.45) is 1.15. The third-order valence-corrected chi connectivity index (χ3v) is 4.00. The summed E-state index contributed by atoms with van der Waals surface area (Å²) in [5, 5.41) is 8.32. The largest absolute Gasteiger partial charge is 0.497 e. The molecule has 116 valence electrons. The number of aromatic nitrogens is 1. The molecule has 0 saturated heterocycles. The molecule has 0 aliphatic carbocycles. The third kappa shape index (κ3) is 2.46. The Bertz CT molecular complexity index is 925. The van der Waals surface area contributed by atoms with Crippen LogP contribution in [0.4, 0.5) is 5.69 Å². The predicted octanol–water partition coefficient (Wildman–Crippen LogP) is 3.30. The van der Waals surface area contributed by atoms with Gasteiger partial charge < -0.3 is 20.9 Å². The number of methoxy groups -OCH3 is 1. The van der Waals surface area contributed by atoms with Crippen LogP contribution in [0, 0.1) is 12.3 Å². The van der Waals surface area contributed by atoms with Crippen molar-refractivity contribution in [2.75, 3.05) is 12.8 Å². The Hall–Kier alpha value is -3.08. The minimum Gasteiger partial charge on any atom is -0.497 e. The number of nitrogen functional groups attached to an aromatic ring is 1. The number of nitrogens with two attached hydrogens (primary N) is 1. The molecular weight excluding hydrogens is 290 g/mol. The molecule has 5 heteroatoms. The van der Waals surface area contributed by atoms with Gasteiger partial charge in [-0.05, 0) is 48.9 Å². The first-order chi connectivity index (χ1) is 11.0. The topological polar surface area (TPSA) is 92.0 Å². The van der Waals surface area contributed by atoms with Crippen LogP contribution in [-0.2, 0) is 0 Å². The van der Waals surface area contributed by atoms with E-state index in [4.69, 9.17) is 15.9 Å². The van der Waals surface area contributed by atoms with Crippen molar-refractivity contribution in [1.29, 1.82) is 5.41 Å². The maximum absolute atomic E-state index is 12.8.